The third kappa shape index (κ3) is 3.96. The molecule has 6 nitrogen and oxygen atoms in total. The number of oxazole rings is 1. The van der Waals surface area contributed by atoms with Crippen molar-refractivity contribution in [1.82, 2.24) is 15.6 Å². The Bertz CT molecular complexity index is 431. The molecule has 112 valence electrons. The first kappa shape index (κ1) is 14.8. The van der Waals surface area contributed by atoms with Gasteiger partial charge in [0.25, 0.3) is 0 Å². The zero-order valence-electron chi connectivity index (χ0n) is 12.1. The van der Waals surface area contributed by atoms with E-state index in [1.54, 1.807) is 0 Å². The van der Waals surface area contributed by atoms with Crippen LogP contribution in [0.15, 0.2) is 4.42 Å². The second-order valence-electron chi connectivity index (χ2n) is 5.48. The van der Waals surface area contributed by atoms with Crippen molar-refractivity contribution in [2.75, 3.05) is 6.61 Å². The predicted molar refractivity (Wildman–Crippen MR) is 74.2 cm³/mol. The maximum atomic E-state index is 11.8. The lowest BCUT2D eigenvalue weighted by Crippen LogP contribution is -2.43. The van der Waals surface area contributed by atoms with Crippen LogP contribution in [0, 0.1) is 19.8 Å². The minimum absolute atomic E-state index is 0.189. The molecular weight excluding hydrogens is 258 g/mol. The van der Waals surface area contributed by atoms with Crippen molar-refractivity contribution in [3.8, 4) is 0 Å². The summed E-state index contributed by atoms with van der Waals surface area (Å²) in [6.07, 6.45) is 3.80. The first-order valence-corrected chi connectivity index (χ1v) is 7.16. The van der Waals surface area contributed by atoms with Gasteiger partial charge in [-0.1, -0.05) is 0 Å². The number of aromatic nitrogens is 1. The lowest BCUT2D eigenvalue weighted by atomic mass is 9.87. The van der Waals surface area contributed by atoms with Gasteiger partial charge in [-0.25, -0.2) is 9.78 Å². The highest BCUT2D eigenvalue weighted by molar-refractivity contribution is 5.74. The number of carbonyl (C=O) groups is 1. The first-order valence-electron chi connectivity index (χ1n) is 7.16. The Balaban J connectivity index is 1.70. The molecule has 1 aromatic heterocycles. The molecule has 20 heavy (non-hydrogen) atoms. The van der Waals surface area contributed by atoms with E-state index in [9.17, 15) is 4.79 Å². The Kier molecular flexibility index (Phi) is 5.00. The first-order chi connectivity index (χ1) is 9.58. The highest BCUT2D eigenvalue weighted by Crippen LogP contribution is 2.23. The number of hydrogen-bond acceptors (Lipinski definition) is 4. The summed E-state index contributed by atoms with van der Waals surface area (Å²) in [5, 5.41) is 14.8. The van der Waals surface area contributed by atoms with E-state index >= 15 is 0 Å². The van der Waals surface area contributed by atoms with Crippen molar-refractivity contribution in [2.45, 2.75) is 52.1 Å². The van der Waals surface area contributed by atoms with E-state index in [-0.39, 0.29) is 18.7 Å². The summed E-state index contributed by atoms with van der Waals surface area (Å²) in [6.45, 7) is 4.28. The number of carbonyl (C=O) groups excluding carboxylic acids is 1. The Morgan fingerprint density at radius 1 is 1.35 bits per heavy atom. The van der Waals surface area contributed by atoms with Crippen molar-refractivity contribution in [3.05, 3.63) is 17.3 Å². The fourth-order valence-electron chi connectivity index (χ4n) is 2.50. The molecule has 0 aromatic carbocycles. The molecule has 1 fully saturated rings. The van der Waals surface area contributed by atoms with Crippen LogP contribution in [-0.4, -0.2) is 28.8 Å². The molecule has 2 rings (SSSR count). The summed E-state index contributed by atoms with van der Waals surface area (Å²) < 4.78 is 5.40. The third-order valence-corrected chi connectivity index (χ3v) is 3.91. The number of nitrogens with zero attached hydrogens (tertiary/aromatic N) is 1. The number of rotatable bonds is 4. The number of urea groups is 1. The van der Waals surface area contributed by atoms with E-state index in [1.165, 1.54) is 0 Å². The summed E-state index contributed by atoms with van der Waals surface area (Å²) in [5.74, 6) is 1.71. The van der Waals surface area contributed by atoms with Gasteiger partial charge in [-0.05, 0) is 45.4 Å². The number of nitrogens with one attached hydrogen (secondary N) is 2. The topological polar surface area (TPSA) is 87.4 Å². The maximum Gasteiger partial charge on any atom is 0.315 e. The molecule has 2 amide bonds. The quantitative estimate of drug-likeness (QED) is 0.783. The predicted octanol–water partition coefficient (Wildman–Crippen LogP) is 1.64. The zero-order chi connectivity index (χ0) is 14.5. The van der Waals surface area contributed by atoms with Crippen LogP contribution in [-0.2, 0) is 6.54 Å². The molecule has 1 saturated carbocycles. The van der Waals surface area contributed by atoms with E-state index in [4.69, 9.17) is 9.52 Å². The molecule has 1 aromatic rings. The van der Waals surface area contributed by atoms with Gasteiger partial charge in [0.15, 0.2) is 0 Å². The molecule has 0 atom stereocenters. The summed E-state index contributed by atoms with van der Waals surface area (Å²) in [4.78, 5) is 16.0. The molecule has 0 radical (unpaired) electrons. The summed E-state index contributed by atoms with van der Waals surface area (Å²) in [7, 11) is 0. The van der Waals surface area contributed by atoms with Crippen molar-refractivity contribution in [2.24, 2.45) is 5.92 Å². The van der Waals surface area contributed by atoms with Gasteiger partial charge in [0, 0.05) is 12.6 Å². The standard InChI is InChI=1S/C14H23N3O3/c1-9-10(2)20-13(16-9)7-15-14(19)17-12-5-3-11(8-18)4-6-12/h11-12,18H,3-8H2,1-2H3,(H2,15,17,19). The lowest BCUT2D eigenvalue weighted by Gasteiger charge is -2.27. The van der Waals surface area contributed by atoms with Gasteiger partial charge >= 0.3 is 6.03 Å². The van der Waals surface area contributed by atoms with Crippen molar-refractivity contribution in [3.63, 3.8) is 0 Å². The van der Waals surface area contributed by atoms with E-state index in [2.05, 4.69) is 15.6 Å². The second kappa shape index (κ2) is 6.74. The molecule has 0 aliphatic heterocycles. The van der Waals surface area contributed by atoms with Crippen LogP contribution in [0.5, 0.6) is 0 Å². The molecular formula is C14H23N3O3. The molecule has 0 spiro atoms. The smallest absolute Gasteiger partial charge is 0.315 e. The van der Waals surface area contributed by atoms with Gasteiger partial charge < -0.3 is 20.2 Å². The highest BCUT2D eigenvalue weighted by atomic mass is 16.4. The second-order valence-corrected chi connectivity index (χ2v) is 5.48. The van der Waals surface area contributed by atoms with Crippen molar-refractivity contribution < 1.29 is 14.3 Å². The molecule has 1 aliphatic rings. The Morgan fingerprint density at radius 2 is 2.05 bits per heavy atom. The summed E-state index contributed by atoms with van der Waals surface area (Å²) in [5.41, 5.74) is 0.851. The van der Waals surface area contributed by atoms with Gasteiger partial charge in [-0.2, -0.15) is 0 Å². The summed E-state index contributed by atoms with van der Waals surface area (Å²) in [6, 6.07) is 0.0109. The van der Waals surface area contributed by atoms with Crippen LogP contribution in [0.4, 0.5) is 4.79 Å². The Hall–Kier alpha value is -1.56. The molecule has 6 heteroatoms. The van der Waals surface area contributed by atoms with Crippen LogP contribution in [0.3, 0.4) is 0 Å². The van der Waals surface area contributed by atoms with Crippen LogP contribution < -0.4 is 10.6 Å². The maximum absolute atomic E-state index is 11.8. The van der Waals surface area contributed by atoms with Crippen LogP contribution in [0.25, 0.3) is 0 Å². The van der Waals surface area contributed by atoms with Gasteiger partial charge in [0.05, 0.1) is 12.2 Å². The van der Waals surface area contributed by atoms with Crippen LogP contribution in [0.2, 0.25) is 0 Å². The number of aryl methyl sites for hydroxylation is 2. The van der Waals surface area contributed by atoms with Crippen LogP contribution >= 0.6 is 0 Å². The number of amides is 2. The van der Waals surface area contributed by atoms with E-state index in [1.807, 2.05) is 13.8 Å². The number of aliphatic hydroxyl groups is 1. The fourth-order valence-corrected chi connectivity index (χ4v) is 2.50. The van der Waals surface area contributed by atoms with Crippen molar-refractivity contribution >= 4 is 6.03 Å². The van der Waals surface area contributed by atoms with E-state index < -0.39 is 0 Å². The largest absolute Gasteiger partial charge is 0.444 e. The minimum Gasteiger partial charge on any atom is -0.444 e. The molecule has 0 unspecified atom stereocenters. The van der Waals surface area contributed by atoms with Gasteiger partial charge in [0.1, 0.15) is 5.76 Å². The molecule has 1 aliphatic carbocycles. The average Bonchev–Trinajstić information content (AvgIpc) is 2.76. The molecule has 0 bridgehead atoms. The average molecular weight is 281 g/mol. The monoisotopic (exact) mass is 281 g/mol. The number of hydrogen-bond donors (Lipinski definition) is 3. The van der Waals surface area contributed by atoms with Crippen LogP contribution in [0.1, 0.15) is 43.0 Å². The Morgan fingerprint density at radius 3 is 2.60 bits per heavy atom. The van der Waals surface area contributed by atoms with Gasteiger partial charge in [-0.3, -0.25) is 0 Å². The fraction of sp³-hybridized carbons (Fsp3) is 0.714. The van der Waals surface area contributed by atoms with Gasteiger partial charge in [0.2, 0.25) is 5.89 Å². The molecule has 3 N–H and O–H groups in total. The normalized spacial score (nSPS) is 22.6. The zero-order valence-corrected chi connectivity index (χ0v) is 12.1. The van der Waals surface area contributed by atoms with E-state index in [0.717, 1.165) is 37.1 Å². The van der Waals surface area contributed by atoms with Crippen molar-refractivity contribution in [1.29, 1.82) is 0 Å². The highest BCUT2D eigenvalue weighted by Gasteiger charge is 2.21. The minimum atomic E-state index is -0.189. The summed E-state index contributed by atoms with van der Waals surface area (Å²) >= 11 is 0. The lowest BCUT2D eigenvalue weighted by molar-refractivity contribution is 0.174. The molecule has 0 saturated heterocycles. The number of aliphatic hydroxyl groups excluding tert-OH is 1. The van der Waals surface area contributed by atoms with E-state index in [0.29, 0.717) is 18.4 Å². The third-order valence-electron chi connectivity index (χ3n) is 3.91. The van der Waals surface area contributed by atoms with Gasteiger partial charge in [-0.15, -0.1) is 0 Å². The Labute approximate surface area is 119 Å². The SMILES string of the molecule is Cc1nc(CNC(=O)NC2CCC(CO)CC2)oc1C. The molecule has 1 heterocycles.